The van der Waals surface area contributed by atoms with Crippen LogP contribution in [0.4, 0.5) is 0 Å². The van der Waals surface area contributed by atoms with Gasteiger partial charge in [-0.3, -0.25) is 4.79 Å². The van der Waals surface area contributed by atoms with Gasteiger partial charge >= 0.3 is 0 Å². The highest BCUT2D eigenvalue weighted by Gasteiger charge is 2.07. The highest BCUT2D eigenvalue weighted by atomic mass is 16.1. The Morgan fingerprint density at radius 1 is 1.05 bits per heavy atom. The Morgan fingerprint density at radius 3 is 2.42 bits per heavy atom. The van der Waals surface area contributed by atoms with E-state index in [0.29, 0.717) is 5.56 Å². The van der Waals surface area contributed by atoms with E-state index in [0.717, 1.165) is 12.8 Å². The topological polar surface area (TPSA) is 43.1 Å². The molecule has 0 saturated carbocycles. The lowest BCUT2D eigenvalue weighted by Gasteiger charge is -2.11. The first-order valence-electron chi connectivity index (χ1n) is 6.58. The van der Waals surface area contributed by atoms with Crippen molar-refractivity contribution >= 4 is 5.91 Å². The molecular weight excluding hydrogens is 234 g/mol. The standard InChI is InChI=1S/C17H19NO/c1-3-13-10-16(17(18)19)9-8-15(13)11-14-7-5-4-6-12(14)2/h4-10H,3,11H2,1-2H3,(H2,18,19). The van der Waals surface area contributed by atoms with Crippen LogP contribution < -0.4 is 5.73 Å². The Hall–Kier alpha value is -2.09. The zero-order valence-electron chi connectivity index (χ0n) is 11.4. The lowest BCUT2D eigenvalue weighted by Crippen LogP contribution is -2.11. The van der Waals surface area contributed by atoms with Gasteiger partial charge in [-0.15, -0.1) is 0 Å². The molecule has 1 amide bonds. The van der Waals surface area contributed by atoms with Crippen molar-refractivity contribution in [1.82, 2.24) is 0 Å². The number of aryl methyl sites for hydroxylation is 2. The summed E-state index contributed by atoms with van der Waals surface area (Å²) < 4.78 is 0. The second-order valence-corrected chi connectivity index (χ2v) is 4.80. The van der Waals surface area contributed by atoms with Gasteiger partial charge < -0.3 is 5.73 Å². The monoisotopic (exact) mass is 253 g/mol. The predicted molar refractivity (Wildman–Crippen MR) is 78.3 cm³/mol. The van der Waals surface area contributed by atoms with Crippen molar-refractivity contribution < 1.29 is 4.79 Å². The van der Waals surface area contributed by atoms with Crippen molar-refractivity contribution in [3.05, 3.63) is 70.3 Å². The lowest BCUT2D eigenvalue weighted by atomic mass is 9.94. The van der Waals surface area contributed by atoms with Crippen molar-refractivity contribution in [2.24, 2.45) is 5.73 Å². The van der Waals surface area contributed by atoms with E-state index in [1.807, 2.05) is 18.2 Å². The SMILES string of the molecule is CCc1cc(C(N)=O)ccc1Cc1ccccc1C. The van der Waals surface area contributed by atoms with E-state index in [9.17, 15) is 4.79 Å². The molecule has 0 atom stereocenters. The number of benzene rings is 2. The Bertz CT molecular complexity index is 602. The summed E-state index contributed by atoms with van der Waals surface area (Å²) in [6.07, 6.45) is 1.80. The summed E-state index contributed by atoms with van der Waals surface area (Å²) in [5.41, 5.74) is 11.0. The Balaban J connectivity index is 2.35. The molecule has 0 heterocycles. The zero-order valence-corrected chi connectivity index (χ0v) is 11.4. The number of carbonyl (C=O) groups excluding carboxylic acids is 1. The van der Waals surface area contributed by atoms with Crippen molar-refractivity contribution in [2.45, 2.75) is 26.7 Å². The van der Waals surface area contributed by atoms with Crippen LogP contribution in [-0.2, 0) is 12.8 Å². The van der Waals surface area contributed by atoms with Gasteiger partial charge in [0.15, 0.2) is 0 Å². The Morgan fingerprint density at radius 2 is 1.79 bits per heavy atom. The first kappa shape index (κ1) is 13.3. The average molecular weight is 253 g/mol. The van der Waals surface area contributed by atoms with Crippen LogP contribution in [0.5, 0.6) is 0 Å². The van der Waals surface area contributed by atoms with Crippen LogP contribution >= 0.6 is 0 Å². The molecular formula is C17H19NO. The maximum atomic E-state index is 11.2. The molecule has 2 nitrogen and oxygen atoms in total. The van der Waals surface area contributed by atoms with Crippen LogP contribution in [0.2, 0.25) is 0 Å². The molecule has 0 radical (unpaired) electrons. The fourth-order valence-electron chi connectivity index (χ4n) is 2.29. The molecule has 2 rings (SSSR count). The van der Waals surface area contributed by atoms with Crippen LogP contribution in [0.25, 0.3) is 0 Å². The first-order valence-corrected chi connectivity index (χ1v) is 6.58. The molecule has 98 valence electrons. The van der Waals surface area contributed by atoms with Gasteiger partial charge in [0.25, 0.3) is 0 Å². The van der Waals surface area contributed by atoms with E-state index in [1.54, 1.807) is 0 Å². The summed E-state index contributed by atoms with van der Waals surface area (Å²) in [6.45, 7) is 4.22. The highest BCUT2D eigenvalue weighted by molar-refractivity contribution is 5.93. The highest BCUT2D eigenvalue weighted by Crippen LogP contribution is 2.19. The molecule has 0 aliphatic carbocycles. The van der Waals surface area contributed by atoms with Crippen LogP contribution in [0.3, 0.4) is 0 Å². The molecule has 0 spiro atoms. The van der Waals surface area contributed by atoms with Gasteiger partial charge in [-0.1, -0.05) is 37.3 Å². The molecule has 2 N–H and O–H groups in total. The molecule has 2 aromatic carbocycles. The minimum atomic E-state index is -0.364. The molecule has 0 bridgehead atoms. The van der Waals surface area contributed by atoms with Gasteiger partial charge in [0, 0.05) is 5.56 Å². The van der Waals surface area contributed by atoms with Gasteiger partial charge in [-0.2, -0.15) is 0 Å². The number of primary amides is 1. The van der Waals surface area contributed by atoms with Crippen molar-refractivity contribution in [1.29, 1.82) is 0 Å². The third-order valence-corrected chi connectivity index (χ3v) is 3.51. The molecule has 0 fully saturated rings. The third-order valence-electron chi connectivity index (χ3n) is 3.51. The van der Waals surface area contributed by atoms with E-state index >= 15 is 0 Å². The van der Waals surface area contributed by atoms with Gasteiger partial charge in [0.1, 0.15) is 0 Å². The van der Waals surface area contributed by atoms with E-state index in [4.69, 9.17) is 5.73 Å². The molecule has 0 unspecified atom stereocenters. The minimum absolute atomic E-state index is 0.364. The van der Waals surface area contributed by atoms with Crippen molar-refractivity contribution in [3.63, 3.8) is 0 Å². The maximum absolute atomic E-state index is 11.2. The first-order chi connectivity index (χ1) is 9.11. The summed E-state index contributed by atoms with van der Waals surface area (Å²) in [5.74, 6) is -0.364. The number of nitrogens with two attached hydrogens (primary N) is 1. The summed E-state index contributed by atoms with van der Waals surface area (Å²) in [7, 11) is 0. The van der Waals surface area contributed by atoms with E-state index < -0.39 is 0 Å². The second-order valence-electron chi connectivity index (χ2n) is 4.80. The molecule has 2 aromatic rings. The Kier molecular flexibility index (Phi) is 4.00. The van der Waals surface area contributed by atoms with Gasteiger partial charge in [0.05, 0.1) is 0 Å². The minimum Gasteiger partial charge on any atom is -0.366 e. The average Bonchev–Trinajstić information content (AvgIpc) is 2.41. The number of hydrogen-bond donors (Lipinski definition) is 1. The number of amides is 1. The van der Waals surface area contributed by atoms with Crippen LogP contribution in [0, 0.1) is 6.92 Å². The molecule has 2 heteroatoms. The van der Waals surface area contributed by atoms with Crippen LogP contribution in [-0.4, -0.2) is 5.91 Å². The van der Waals surface area contributed by atoms with E-state index in [2.05, 4.69) is 38.1 Å². The number of carbonyl (C=O) groups is 1. The zero-order chi connectivity index (χ0) is 13.8. The number of hydrogen-bond acceptors (Lipinski definition) is 1. The molecule has 0 aromatic heterocycles. The van der Waals surface area contributed by atoms with Gasteiger partial charge in [-0.25, -0.2) is 0 Å². The fraction of sp³-hybridized carbons (Fsp3) is 0.235. The molecule has 0 aliphatic heterocycles. The maximum Gasteiger partial charge on any atom is 0.248 e. The fourth-order valence-corrected chi connectivity index (χ4v) is 2.29. The normalized spacial score (nSPS) is 10.4. The van der Waals surface area contributed by atoms with Crippen LogP contribution in [0.1, 0.15) is 39.5 Å². The van der Waals surface area contributed by atoms with Crippen LogP contribution in [0.15, 0.2) is 42.5 Å². The Labute approximate surface area is 114 Å². The molecule has 19 heavy (non-hydrogen) atoms. The third kappa shape index (κ3) is 3.02. The summed E-state index contributed by atoms with van der Waals surface area (Å²) in [4.78, 5) is 11.2. The summed E-state index contributed by atoms with van der Waals surface area (Å²) >= 11 is 0. The number of rotatable bonds is 4. The largest absolute Gasteiger partial charge is 0.366 e. The smallest absolute Gasteiger partial charge is 0.248 e. The lowest BCUT2D eigenvalue weighted by molar-refractivity contribution is 0.1000. The van der Waals surface area contributed by atoms with Gasteiger partial charge in [0.2, 0.25) is 5.91 Å². The van der Waals surface area contributed by atoms with Gasteiger partial charge in [-0.05, 0) is 54.2 Å². The van der Waals surface area contributed by atoms with Crippen molar-refractivity contribution in [2.75, 3.05) is 0 Å². The predicted octanol–water partition coefficient (Wildman–Crippen LogP) is 3.25. The molecule has 0 saturated heterocycles. The second kappa shape index (κ2) is 5.70. The van der Waals surface area contributed by atoms with E-state index in [-0.39, 0.29) is 5.91 Å². The summed E-state index contributed by atoms with van der Waals surface area (Å²) in [5, 5.41) is 0. The quantitative estimate of drug-likeness (QED) is 0.893. The summed E-state index contributed by atoms with van der Waals surface area (Å²) in [6, 6.07) is 14.1. The van der Waals surface area contributed by atoms with E-state index in [1.165, 1.54) is 22.3 Å². The molecule has 0 aliphatic rings. The van der Waals surface area contributed by atoms with Crippen molar-refractivity contribution in [3.8, 4) is 0 Å².